The Balaban J connectivity index is 4.24. The van der Waals surface area contributed by atoms with Crippen LogP contribution in [0.5, 0.6) is 0 Å². The van der Waals surface area contributed by atoms with Gasteiger partial charge in [0, 0.05) is 13.8 Å². The minimum absolute atomic E-state index is 0.309. The number of hydrogen-bond donors (Lipinski definition) is 0. The zero-order valence-corrected chi connectivity index (χ0v) is 8.94. The van der Waals surface area contributed by atoms with E-state index in [1.807, 2.05) is 13.8 Å². The van der Waals surface area contributed by atoms with Crippen molar-refractivity contribution in [3.8, 4) is 0 Å². The summed E-state index contributed by atoms with van der Waals surface area (Å²) in [6.07, 6.45) is 2.44. The van der Waals surface area contributed by atoms with Crippen LogP contribution >= 0.6 is 0 Å². The van der Waals surface area contributed by atoms with Gasteiger partial charge in [0.1, 0.15) is 0 Å². The zero-order chi connectivity index (χ0) is 11.1. The first-order valence-electron chi connectivity index (χ1n) is 4.44. The van der Waals surface area contributed by atoms with E-state index in [1.165, 1.54) is 13.8 Å². The van der Waals surface area contributed by atoms with E-state index in [9.17, 15) is 9.59 Å². The third-order valence-corrected chi connectivity index (χ3v) is 1.22. The van der Waals surface area contributed by atoms with Crippen LogP contribution in [-0.2, 0) is 19.1 Å². The number of hydrogen-bond acceptors (Lipinski definition) is 4. The SMILES string of the molecule is CC(=O)OC(C=CC(C)C)OC(C)=O. The molecule has 0 aromatic rings. The van der Waals surface area contributed by atoms with Crippen molar-refractivity contribution in [1.82, 2.24) is 0 Å². The first-order valence-corrected chi connectivity index (χ1v) is 4.44. The minimum Gasteiger partial charge on any atom is -0.421 e. The van der Waals surface area contributed by atoms with Gasteiger partial charge in [-0.05, 0) is 12.0 Å². The van der Waals surface area contributed by atoms with E-state index in [2.05, 4.69) is 0 Å². The molecule has 4 heteroatoms. The summed E-state index contributed by atoms with van der Waals surface area (Å²) in [5, 5.41) is 0. The van der Waals surface area contributed by atoms with Crippen molar-refractivity contribution >= 4 is 11.9 Å². The van der Waals surface area contributed by atoms with Crippen molar-refractivity contribution in [3.05, 3.63) is 12.2 Å². The van der Waals surface area contributed by atoms with Crippen LogP contribution in [0.25, 0.3) is 0 Å². The van der Waals surface area contributed by atoms with Crippen molar-refractivity contribution in [2.75, 3.05) is 0 Å². The molecule has 0 aromatic heterocycles. The standard InChI is InChI=1S/C10H16O4/c1-7(2)5-6-10(13-8(3)11)14-9(4)12/h5-7,10H,1-4H3. The Morgan fingerprint density at radius 1 is 1.00 bits per heavy atom. The number of carbonyl (C=O) groups is 2. The van der Waals surface area contributed by atoms with Crippen LogP contribution in [0.15, 0.2) is 12.2 Å². The highest BCUT2D eigenvalue weighted by atomic mass is 16.7. The van der Waals surface area contributed by atoms with Gasteiger partial charge in [-0.2, -0.15) is 0 Å². The second-order valence-corrected chi connectivity index (χ2v) is 3.22. The van der Waals surface area contributed by atoms with E-state index in [0.717, 1.165) is 0 Å². The second-order valence-electron chi connectivity index (χ2n) is 3.22. The normalized spacial score (nSPS) is 11.0. The summed E-state index contributed by atoms with van der Waals surface area (Å²) in [5.41, 5.74) is 0. The van der Waals surface area contributed by atoms with Crippen LogP contribution in [0.4, 0.5) is 0 Å². The van der Waals surface area contributed by atoms with Crippen molar-refractivity contribution < 1.29 is 19.1 Å². The lowest BCUT2D eigenvalue weighted by Gasteiger charge is -2.12. The largest absolute Gasteiger partial charge is 0.421 e. The summed E-state index contributed by atoms with van der Waals surface area (Å²) in [6, 6.07) is 0. The molecule has 0 rings (SSSR count). The van der Waals surface area contributed by atoms with Gasteiger partial charge < -0.3 is 9.47 Å². The Labute approximate surface area is 83.9 Å². The maximum absolute atomic E-state index is 10.6. The minimum atomic E-state index is -0.910. The Morgan fingerprint density at radius 2 is 1.43 bits per heavy atom. The highest BCUT2D eigenvalue weighted by Gasteiger charge is 2.10. The number of carbonyl (C=O) groups excluding carboxylic acids is 2. The lowest BCUT2D eigenvalue weighted by Crippen LogP contribution is -2.20. The molecule has 80 valence electrons. The van der Waals surface area contributed by atoms with Crippen LogP contribution in [0.3, 0.4) is 0 Å². The molecule has 0 unspecified atom stereocenters. The summed E-state index contributed by atoms with van der Waals surface area (Å²) in [5.74, 6) is -0.655. The van der Waals surface area contributed by atoms with E-state index < -0.39 is 18.2 Å². The third-order valence-electron chi connectivity index (χ3n) is 1.22. The molecule has 0 amide bonds. The molecule has 4 nitrogen and oxygen atoms in total. The molecule has 0 N–H and O–H groups in total. The topological polar surface area (TPSA) is 52.6 Å². The predicted molar refractivity (Wildman–Crippen MR) is 51.3 cm³/mol. The van der Waals surface area contributed by atoms with E-state index in [4.69, 9.17) is 9.47 Å². The highest BCUT2D eigenvalue weighted by Crippen LogP contribution is 2.02. The van der Waals surface area contributed by atoms with Gasteiger partial charge in [-0.25, -0.2) is 0 Å². The molecule has 0 heterocycles. The summed E-state index contributed by atoms with van der Waals surface area (Å²) in [7, 11) is 0. The Hall–Kier alpha value is -1.32. The van der Waals surface area contributed by atoms with Crippen molar-refractivity contribution in [2.24, 2.45) is 5.92 Å². The molecule has 0 aliphatic heterocycles. The van der Waals surface area contributed by atoms with Gasteiger partial charge in [0.25, 0.3) is 6.29 Å². The number of allylic oxidation sites excluding steroid dienone is 1. The molecule has 14 heavy (non-hydrogen) atoms. The molecule has 0 saturated carbocycles. The molecule has 0 atom stereocenters. The molecule has 0 aliphatic carbocycles. The first kappa shape index (κ1) is 12.7. The van der Waals surface area contributed by atoms with E-state index in [0.29, 0.717) is 5.92 Å². The van der Waals surface area contributed by atoms with Crippen LogP contribution in [0.1, 0.15) is 27.7 Å². The molecule has 0 radical (unpaired) electrons. The van der Waals surface area contributed by atoms with Crippen molar-refractivity contribution in [2.45, 2.75) is 34.0 Å². The van der Waals surface area contributed by atoms with Gasteiger partial charge in [0.05, 0.1) is 0 Å². The number of ether oxygens (including phenoxy) is 2. The highest BCUT2D eigenvalue weighted by molar-refractivity contribution is 5.68. The number of esters is 2. The predicted octanol–water partition coefficient (Wildman–Crippen LogP) is 1.65. The maximum Gasteiger partial charge on any atom is 0.305 e. The molecular formula is C10H16O4. The van der Waals surface area contributed by atoms with Crippen LogP contribution in [0.2, 0.25) is 0 Å². The Morgan fingerprint density at radius 3 is 1.71 bits per heavy atom. The summed E-state index contributed by atoms with van der Waals surface area (Å²) < 4.78 is 9.49. The van der Waals surface area contributed by atoms with Gasteiger partial charge in [-0.15, -0.1) is 0 Å². The van der Waals surface area contributed by atoms with Crippen molar-refractivity contribution in [1.29, 1.82) is 0 Å². The molecule has 0 fully saturated rings. The van der Waals surface area contributed by atoms with Gasteiger partial charge >= 0.3 is 11.9 Å². The average molecular weight is 200 g/mol. The molecule has 0 spiro atoms. The van der Waals surface area contributed by atoms with Crippen LogP contribution < -0.4 is 0 Å². The molecule has 0 bridgehead atoms. The van der Waals surface area contributed by atoms with Gasteiger partial charge in [-0.3, -0.25) is 9.59 Å². The fourth-order valence-electron chi connectivity index (χ4n) is 0.743. The summed E-state index contributed by atoms with van der Waals surface area (Å²) in [4.78, 5) is 21.3. The second kappa shape index (κ2) is 6.18. The van der Waals surface area contributed by atoms with E-state index in [-0.39, 0.29) is 0 Å². The average Bonchev–Trinajstić information content (AvgIpc) is 1.97. The lowest BCUT2D eigenvalue weighted by atomic mass is 10.2. The van der Waals surface area contributed by atoms with Gasteiger partial charge in [0.15, 0.2) is 0 Å². The third kappa shape index (κ3) is 7.34. The Kier molecular flexibility index (Phi) is 5.60. The smallest absolute Gasteiger partial charge is 0.305 e. The van der Waals surface area contributed by atoms with E-state index in [1.54, 1.807) is 12.2 Å². The molecular weight excluding hydrogens is 184 g/mol. The van der Waals surface area contributed by atoms with Crippen LogP contribution in [-0.4, -0.2) is 18.2 Å². The Bertz CT molecular complexity index is 214. The summed E-state index contributed by atoms with van der Waals surface area (Å²) >= 11 is 0. The van der Waals surface area contributed by atoms with Crippen molar-refractivity contribution in [3.63, 3.8) is 0 Å². The summed E-state index contributed by atoms with van der Waals surface area (Å²) in [6.45, 7) is 6.46. The maximum atomic E-state index is 10.6. The quantitative estimate of drug-likeness (QED) is 0.393. The first-order chi connectivity index (χ1) is 6.41. The molecule has 0 aliphatic rings. The number of rotatable bonds is 4. The zero-order valence-electron chi connectivity index (χ0n) is 8.94. The fourth-order valence-corrected chi connectivity index (χ4v) is 0.743. The molecule has 0 aromatic carbocycles. The lowest BCUT2D eigenvalue weighted by molar-refractivity contribution is -0.176. The van der Waals surface area contributed by atoms with E-state index >= 15 is 0 Å². The molecule has 0 saturated heterocycles. The monoisotopic (exact) mass is 200 g/mol. The fraction of sp³-hybridized carbons (Fsp3) is 0.600. The van der Waals surface area contributed by atoms with Gasteiger partial charge in [0.2, 0.25) is 0 Å². The van der Waals surface area contributed by atoms with Gasteiger partial charge in [-0.1, -0.05) is 19.9 Å². The van der Waals surface area contributed by atoms with Crippen LogP contribution in [0, 0.1) is 5.92 Å².